The molecule has 1 fully saturated rings. The fourth-order valence-corrected chi connectivity index (χ4v) is 1.53. The summed E-state index contributed by atoms with van der Waals surface area (Å²) in [6.07, 6.45) is 0.841. The van der Waals surface area contributed by atoms with Gasteiger partial charge in [0, 0.05) is 6.54 Å². The van der Waals surface area contributed by atoms with Crippen LogP contribution in [0.3, 0.4) is 0 Å². The molecule has 0 saturated carbocycles. The number of aliphatic imine (C=N–C) groups is 1. The number of carbonyl (C=O) groups is 1. The number of nitrogens with two attached hydrogens (primary N) is 1. The van der Waals surface area contributed by atoms with E-state index in [1.807, 2.05) is 0 Å². The van der Waals surface area contributed by atoms with Gasteiger partial charge in [0.1, 0.15) is 11.4 Å². The number of rotatable bonds is 0. The molecule has 11 heavy (non-hydrogen) atoms. The first-order chi connectivity index (χ1) is 5.23. The lowest BCUT2D eigenvalue weighted by atomic mass is 9.99. The van der Waals surface area contributed by atoms with E-state index in [4.69, 9.17) is 5.73 Å². The van der Waals surface area contributed by atoms with Crippen molar-refractivity contribution in [3.63, 3.8) is 0 Å². The van der Waals surface area contributed by atoms with Crippen LogP contribution in [0.1, 0.15) is 6.42 Å². The normalized spacial score (nSPS) is 36.0. The smallest absolute Gasteiger partial charge is 0.343 e. The average molecular weight is 154 g/mol. The quantitative estimate of drug-likeness (QED) is 0.410. The van der Waals surface area contributed by atoms with Crippen molar-refractivity contribution in [3.05, 3.63) is 0 Å². The molecule has 2 aliphatic rings. The molecular formula is C6H10N4O. The van der Waals surface area contributed by atoms with E-state index in [0.29, 0.717) is 12.4 Å². The molecule has 0 bridgehead atoms. The maximum atomic E-state index is 10.8. The zero-order chi connectivity index (χ0) is 7.90. The summed E-state index contributed by atoms with van der Waals surface area (Å²) in [5, 5.41) is 5.88. The highest BCUT2D eigenvalue weighted by molar-refractivity contribution is 6.06. The first-order valence-electron chi connectivity index (χ1n) is 3.60. The Bertz CT molecular complexity index is 229. The van der Waals surface area contributed by atoms with Crippen molar-refractivity contribution in [1.29, 1.82) is 0 Å². The summed E-state index contributed by atoms with van der Waals surface area (Å²) in [7, 11) is 0. The van der Waals surface area contributed by atoms with Gasteiger partial charge in [-0.3, -0.25) is 0 Å². The topological polar surface area (TPSA) is 79.5 Å². The number of hydrogen-bond acceptors (Lipinski definition) is 3. The van der Waals surface area contributed by atoms with Gasteiger partial charge in [-0.1, -0.05) is 0 Å². The van der Waals surface area contributed by atoms with Gasteiger partial charge in [-0.15, -0.1) is 0 Å². The van der Waals surface area contributed by atoms with Crippen molar-refractivity contribution in [2.75, 3.05) is 13.1 Å². The molecule has 0 radical (unpaired) electrons. The highest BCUT2D eigenvalue weighted by Gasteiger charge is 2.43. The molecule has 1 spiro atoms. The predicted octanol–water partition coefficient (Wildman–Crippen LogP) is -1.20. The number of carbonyl (C=O) groups excluding carboxylic acids is 1. The Balaban J connectivity index is 2.28. The molecular weight excluding hydrogens is 144 g/mol. The van der Waals surface area contributed by atoms with Crippen molar-refractivity contribution < 1.29 is 4.79 Å². The molecule has 4 N–H and O–H groups in total. The van der Waals surface area contributed by atoms with Gasteiger partial charge < -0.3 is 16.4 Å². The molecule has 0 aliphatic carbocycles. The Kier molecular flexibility index (Phi) is 1.17. The van der Waals surface area contributed by atoms with Crippen LogP contribution in [-0.4, -0.2) is 30.5 Å². The molecule has 2 amide bonds. The SMILES string of the molecule is NC1=NC(=O)NC12CCNC2. The highest BCUT2D eigenvalue weighted by atomic mass is 16.2. The Labute approximate surface area is 64.0 Å². The average Bonchev–Trinajstić information content (AvgIpc) is 2.45. The molecule has 2 heterocycles. The summed E-state index contributed by atoms with van der Waals surface area (Å²) in [5.74, 6) is 0.424. The van der Waals surface area contributed by atoms with Crippen LogP contribution in [0.5, 0.6) is 0 Å². The Hall–Kier alpha value is -1.10. The van der Waals surface area contributed by atoms with E-state index in [1.165, 1.54) is 0 Å². The number of hydrogen-bond donors (Lipinski definition) is 3. The van der Waals surface area contributed by atoms with E-state index in [2.05, 4.69) is 15.6 Å². The summed E-state index contributed by atoms with van der Waals surface area (Å²) < 4.78 is 0. The molecule has 0 aromatic carbocycles. The van der Waals surface area contributed by atoms with Gasteiger partial charge in [-0.25, -0.2) is 4.79 Å². The van der Waals surface area contributed by atoms with Crippen LogP contribution in [-0.2, 0) is 0 Å². The summed E-state index contributed by atoms with van der Waals surface area (Å²) >= 11 is 0. The lowest BCUT2D eigenvalue weighted by Gasteiger charge is -2.20. The van der Waals surface area contributed by atoms with E-state index in [1.54, 1.807) is 0 Å². The van der Waals surface area contributed by atoms with Gasteiger partial charge in [-0.2, -0.15) is 4.99 Å². The summed E-state index contributed by atoms with van der Waals surface area (Å²) in [6.45, 7) is 1.59. The second kappa shape index (κ2) is 1.94. The maximum Gasteiger partial charge on any atom is 0.343 e. The van der Waals surface area contributed by atoms with E-state index < -0.39 is 0 Å². The lowest BCUT2D eigenvalue weighted by Crippen LogP contribution is -2.53. The third-order valence-electron chi connectivity index (χ3n) is 2.21. The predicted molar refractivity (Wildman–Crippen MR) is 40.4 cm³/mol. The molecule has 0 aromatic rings. The van der Waals surface area contributed by atoms with Crippen molar-refractivity contribution in [2.24, 2.45) is 10.7 Å². The van der Waals surface area contributed by atoms with Crippen LogP contribution < -0.4 is 16.4 Å². The van der Waals surface area contributed by atoms with Gasteiger partial charge >= 0.3 is 6.03 Å². The Morgan fingerprint density at radius 3 is 2.91 bits per heavy atom. The zero-order valence-corrected chi connectivity index (χ0v) is 6.05. The minimum Gasteiger partial charge on any atom is -0.385 e. The summed E-state index contributed by atoms with van der Waals surface area (Å²) in [5.41, 5.74) is 5.23. The second-order valence-corrected chi connectivity index (χ2v) is 2.94. The number of urea groups is 1. The van der Waals surface area contributed by atoms with Crippen LogP contribution >= 0.6 is 0 Å². The van der Waals surface area contributed by atoms with Crippen LogP contribution in [0.4, 0.5) is 4.79 Å². The maximum absolute atomic E-state index is 10.8. The van der Waals surface area contributed by atoms with E-state index in [9.17, 15) is 4.79 Å². The lowest BCUT2D eigenvalue weighted by molar-refractivity contribution is 0.247. The minimum absolute atomic E-state index is 0.314. The number of nitrogens with one attached hydrogen (secondary N) is 2. The van der Waals surface area contributed by atoms with E-state index in [0.717, 1.165) is 13.0 Å². The minimum atomic E-state index is -0.364. The van der Waals surface area contributed by atoms with E-state index >= 15 is 0 Å². The standard InChI is InChI=1S/C6H10N4O/c7-4-6(1-2-8-3-6)10-5(11)9-4/h8H,1-3H2,(H3,7,9,10,11). The van der Waals surface area contributed by atoms with Crippen LogP contribution in [0.2, 0.25) is 0 Å². The number of nitrogens with zero attached hydrogens (tertiary/aromatic N) is 1. The molecule has 5 heteroatoms. The van der Waals surface area contributed by atoms with Gasteiger partial charge in [0.15, 0.2) is 0 Å². The molecule has 2 rings (SSSR count). The van der Waals surface area contributed by atoms with Crippen molar-refractivity contribution >= 4 is 11.9 Å². The van der Waals surface area contributed by atoms with Gasteiger partial charge in [0.25, 0.3) is 0 Å². The van der Waals surface area contributed by atoms with Crippen molar-refractivity contribution in [2.45, 2.75) is 12.0 Å². The van der Waals surface area contributed by atoms with Crippen molar-refractivity contribution in [1.82, 2.24) is 10.6 Å². The Morgan fingerprint density at radius 2 is 2.45 bits per heavy atom. The molecule has 2 aliphatic heterocycles. The fourth-order valence-electron chi connectivity index (χ4n) is 1.53. The number of amidine groups is 1. The summed E-state index contributed by atoms with van der Waals surface area (Å²) in [6, 6.07) is -0.314. The third-order valence-corrected chi connectivity index (χ3v) is 2.21. The molecule has 1 unspecified atom stereocenters. The van der Waals surface area contributed by atoms with Gasteiger partial charge in [-0.05, 0) is 13.0 Å². The van der Waals surface area contributed by atoms with Crippen LogP contribution in [0.25, 0.3) is 0 Å². The third kappa shape index (κ3) is 0.808. The van der Waals surface area contributed by atoms with Crippen LogP contribution in [0, 0.1) is 0 Å². The van der Waals surface area contributed by atoms with Crippen molar-refractivity contribution in [3.8, 4) is 0 Å². The molecule has 1 atom stereocenters. The number of amides is 2. The first kappa shape index (κ1) is 6.60. The van der Waals surface area contributed by atoms with Crippen LogP contribution in [0.15, 0.2) is 4.99 Å². The van der Waals surface area contributed by atoms with E-state index in [-0.39, 0.29) is 11.6 Å². The van der Waals surface area contributed by atoms with Gasteiger partial charge in [0.2, 0.25) is 0 Å². The zero-order valence-electron chi connectivity index (χ0n) is 6.05. The molecule has 60 valence electrons. The second-order valence-electron chi connectivity index (χ2n) is 2.94. The van der Waals surface area contributed by atoms with Gasteiger partial charge in [0.05, 0.1) is 0 Å². The molecule has 5 nitrogen and oxygen atoms in total. The highest BCUT2D eigenvalue weighted by Crippen LogP contribution is 2.18. The first-order valence-corrected chi connectivity index (χ1v) is 3.60. The summed E-state index contributed by atoms with van der Waals surface area (Å²) in [4.78, 5) is 14.4. The Morgan fingerprint density at radius 1 is 1.64 bits per heavy atom. The monoisotopic (exact) mass is 154 g/mol. The molecule has 1 saturated heterocycles. The largest absolute Gasteiger partial charge is 0.385 e. The molecule has 0 aromatic heterocycles. The fraction of sp³-hybridized carbons (Fsp3) is 0.667.